The van der Waals surface area contributed by atoms with Crippen molar-refractivity contribution in [2.45, 2.75) is 31.7 Å². The summed E-state index contributed by atoms with van der Waals surface area (Å²) in [7, 11) is 2.22. The van der Waals surface area contributed by atoms with Gasteiger partial charge in [0.05, 0.1) is 0 Å². The Balaban J connectivity index is 2.04. The van der Waals surface area contributed by atoms with Crippen LogP contribution in [0.2, 0.25) is 0 Å². The molecule has 0 bridgehead atoms. The van der Waals surface area contributed by atoms with Gasteiger partial charge >= 0.3 is 0 Å². The molecule has 2 heteroatoms. The molecular formula is C14H22N2. The lowest BCUT2D eigenvalue weighted by Crippen LogP contribution is -2.18. The normalized spacial score (nSPS) is 23.0. The highest BCUT2D eigenvalue weighted by Gasteiger charge is 2.16. The predicted molar refractivity (Wildman–Crippen MR) is 68.4 cm³/mol. The van der Waals surface area contributed by atoms with Gasteiger partial charge in [0.25, 0.3) is 0 Å². The van der Waals surface area contributed by atoms with Gasteiger partial charge in [-0.25, -0.2) is 0 Å². The fraction of sp³-hybridized carbons (Fsp3) is 0.571. The van der Waals surface area contributed by atoms with Gasteiger partial charge in [0.1, 0.15) is 0 Å². The van der Waals surface area contributed by atoms with Crippen molar-refractivity contribution in [2.75, 3.05) is 20.1 Å². The summed E-state index contributed by atoms with van der Waals surface area (Å²) in [6.07, 6.45) is 3.94. The van der Waals surface area contributed by atoms with Gasteiger partial charge in [-0.15, -0.1) is 0 Å². The highest BCUT2D eigenvalue weighted by molar-refractivity contribution is 5.25. The number of rotatable bonds is 2. The standard InChI is InChI=1S/C14H22N2/c1-16-9-2-3-13(8-10-16)14-6-4-12(11-15)5-7-14/h4-7,13H,2-3,8-11,15H2,1H3. The van der Waals surface area contributed by atoms with Crippen LogP contribution < -0.4 is 5.73 Å². The molecule has 2 rings (SSSR count). The van der Waals surface area contributed by atoms with E-state index in [0.717, 1.165) is 5.92 Å². The second-order valence-electron chi connectivity index (χ2n) is 4.88. The van der Waals surface area contributed by atoms with E-state index < -0.39 is 0 Å². The molecule has 1 aromatic rings. The van der Waals surface area contributed by atoms with Gasteiger partial charge in [0.2, 0.25) is 0 Å². The van der Waals surface area contributed by atoms with Gasteiger partial charge in [-0.1, -0.05) is 24.3 Å². The molecule has 2 nitrogen and oxygen atoms in total. The van der Waals surface area contributed by atoms with Crippen LogP contribution in [0.15, 0.2) is 24.3 Å². The molecule has 1 atom stereocenters. The van der Waals surface area contributed by atoms with Crippen molar-refractivity contribution in [1.29, 1.82) is 0 Å². The first kappa shape index (κ1) is 11.6. The largest absolute Gasteiger partial charge is 0.326 e. The Hall–Kier alpha value is -0.860. The van der Waals surface area contributed by atoms with Crippen LogP contribution in [0.5, 0.6) is 0 Å². The second kappa shape index (κ2) is 5.46. The van der Waals surface area contributed by atoms with Crippen molar-refractivity contribution in [1.82, 2.24) is 4.90 Å². The molecule has 1 aliphatic rings. The zero-order valence-electron chi connectivity index (χ0n) is 10.2. The Kier molecular flexibility index (Phi) is 3.97. The van der Waals surface area contributed by atoms with Crippen LogP contribution in [0.4, 0.5) is 0 Å². The van der Waals surface area contributed by atoms with Crippen molar-refractivity contribution < 1.29 is 0 Å². The minimum atomic E-state index is 0.647. The average Bonchev–Trinajstić information content (AvgIpc) is 2.54. The zero-order valence-corrected chi connectivity index (χ0v) is 10.2. The topological polar surface area (TPSA) is 29.3 Å². The first-order valence-electron chi connectivity index (χ1n) is 6.27. The van der Waals surface area contributed by atoms with Crippen molar-refractivity contribution in [2.24, 2.45) is 5.73 Å². The summed E-state index contributed by atoms with van der Waals surface area (Å²) in [5, 5.41) is 0. The minimum Gasteiger partial charge on any atom is -0.326 e. The van der Waals surface area contributed by atoms with Gasteiger partial charge < -0.3 is 10.6 Å². The first-order chi connectivity index (χ1) is 7.79. The molecule has 0 aliphatic carbocycles. The van der Waals surface area contributed by atoms with Crippen LogP contribution in [0.3, 0.4) is 0 Å². The van der Waals surface area contributed by atoms with E-state index in [1.165, 1.54) is 43.5 Å². The third-order valence-electron chi connectivity index (χ3n) is 3.64. The SMILES string of the molecule is CN1CCCC(c2ccc(CN)cc2)CC1. The van der Waals surface area contributed by atoms with E-state index in [9.17, 15) is 0 Å². The van der Waals surface area contributed by atoms with E-state index in [0.29, 0.717) is 6.54 Å². The summed E-state index contributed by atoms with van der Waals surface area (Å²) in [4.78, 5) is 2.44. The van der Waals surface area contributed by atoms with Gasteiger partial charge in [0, 0.05) is 6.54 Å². The maximum atomic E-state index is 5.61. The van der Waals surface area contributed by atoms with Crippen LogP contribution in [0, 0.1) is 0 Å². The van der Waals surface area contributed by atoms with Crippen molar-refractivity contribution in [3.63, 3.8) is 0 Å². The molecule has 2 N–H and O–H groups in total. The van der Waals surface area contributed by atoms with Gasteiger partial charge in [-0.3, -0.25) is 0 Å². The maximum Gasteiger partial charge on any atom is 0.0178 e. The van der Waals surface area contributed by atoms with E-state index >= 15 is 0 Å². The third kappa shape index (κ3) is 2.83. The lowest BCUT2D eigenvalue weighted by atomic mass is 9.91. The molecule has 1 aliphatic heterocycles. The summed E-state index contributed by atoms with van der Waals surface area (Å²) in [6.45, 7) is 3.12. The highest BCUT2D eigenvalue weighted by atomic mass is 15.1. The quantitative estimate of drug-likeness (QED) is 0.825. The Morgan fingerprint density at radius 3 is 2.62 bits per heavy atom. The van der Waals surface area contributed by atoms with E-state index in [1.807, 2.05) is 0 Å². The van der Waals surface area contributed by atoms with E-state index in [4.69, 9.17) is 5.73 Å². The van der Waals surface area contributed by atoms with Gasteiger partial charge in [-0.2, -0.15) is 0 Å². The molecule has 0 aromatic heterocycles. The van der Waals surface area contributed by atoms with Gasteiger partial charge in [0.15, 0.2) is 0 Å². The molecule has 88 valence electrons. The zero-order chi connectivity index (χ0) is 11.4. The van der Waals surface area contributed by atoms with Crippen LogP contribution in [-0.2, 0) is 6.54 Å². The molecule has 1 saturated heterocycles. The number of nitrogens with zero attached hydrogens (tertiary/aromatic N) is 1. The second-order valence-corrected chi connectivity index (χ2v) is 4.88. The molecule has 1 heterocycles. The number of nitrogens with two attached hydrogens (primary N) is 1. The monoisotopic (exact) mass is 218 g/mol. The molecule has 1 unspecified atom stereocenters. The molecule has 1 fully saturated rings. The fourth-order valence-electron chi connectivity index (χ4n) is 2.50. The molecule has 0 saturated carbocycles. The van der Waals surface area contributed by atoms with Crippen molar-refractivity contribution >= 4 is 0 Å². The summed E-state index contributed by atoms with van der Waals surface area (Å²) in [5.74, 6) is 0.747. The van der Waals surface area contributed by atoms with Crippen LogP contribution in [0.1, 0.15) is 36.3 Å². The summed E-state index contributed by atoms with van der Waals surface area (Å²) in [6, 6.07) is 8.87. The number of likely N-dealkylation sites (tertiary alicyclic amines) is 1. The van der Waals surface area contributed by atoms with Crippen molar-refractivity contribution in [3.05, 3.63) is 35.4 Å². The third-order valence-corrected chi connectivity index (χ3v) is 3.64. The summed E-state index contributed by atoms with van der Waals surface area (Å²) in [5.41, 5.74) is 8.34. The Labute approximate surface area is 98.4 Å². The molecule has 1 aromatic carbocycles. The Bertz CT molecular complexity index is 318. The predicted octanol–water partition coefficient (Wildman–Crippen LogP) is 2.34. The minimum absolute atomic E-state index is 0.647. The number of benzene rings is 1. The van der Waals surface area contributed by atoms with E-state index in [2.05, 4.69) is 36.2 Å². The lowest BCUT2D eigenvalue weighted by molar-refractivity contribution is 0.347. The Morgan fingerprint density at radius 2 is 1.94 bits per heavy atom. The first-order valence-corrected chi connectivity index (χ1v) is 6.27. The fourth-order valence-corrected chi connectivity index (χ4v) is 2.50. The molecule has 0 radical (unpaired) electrons. The van der Waals surface area contributed by atoms with Crippen LogP contribution >= 0.6 is 0 Å². The number of hydrogen-bond donors (Lipinski definition) is 1. The summed E-state index contributed by atoms with van der Waals surface area (Å²) < 4.78 is 0. The molecule has 0 spiro atoms. The molecule has 0 amide bonds. The van der Waals surface area contributed by atoms with Crippen LogP contribution in [-0.4, -0.2) is 25.0 Å². The smallest absolute Gasteiger partial charge is 0.0178 e. The van der Waals surface area contributed by atoms with E-state index in [-0.39, 0.29) is 0 Å². The van der Waals surface area contributed by atoms with Crippen LogP contribution in [0.25, 0.3) is 0 Å². The Morgan fingerprint density at radius 1 is 1.19 bits per heavy atom. The number of hydrogen-bond acceptors (Lipinski definition) is 2. The van der Waals surface area contributed by atoms with Gasteiger partial charge in [-0.05, 0) is 56.4 Å². The summed E-state index contributed by atoms with van der Waals surface area (Å²) >= 11 is 0. The maximum absolute atomic E-state index is 5.61. The lowest BCUT2D eigenvalue weighted by Gasteiger charge is -2.15. The van der Waals surface area contributed by atoms with Crippen molar-refractivity contribution in [3.8, 4) is 0 Å². The molecular weight excluding hydrogens is 196 g/mol. The average molecular weight is 218 g/mol. The van der Waals surface area contributed by atoms with E-state index in [1.54, 1.807) is 0 Å². The highest BCUT2D eigenvalue weighted by Crippen LogP contribution is 2.27. The molecule has 16 heavy (non-hydrogen) atoms.